The van der Waals surface area contributed by atoms with Crippen LogP contribution in [0.1, 0.15) is 68.1 Å². The predicted octanol–water partition coefficient (Wildman–Crippen LogP) is -0.845. The number of aromatic amines is 1. The highest BCUT2D eigenvalue weighted by molar-refractivity contribution is 5.97. The molecule has 4 rings (SSSR count). The van der Waals surface area contributed by atoms with Gasteiger partial charge in [0.05, 0.1) is 6.04 Å². The first-order chi connectivity index (χ1) is 32.6. The lowest BCUT2D eigenvalue weighted by molar-refractivity contribution is -0.135. The molecule has 368 valence electrons. The molecule has 0 saturated carbocycles. The van der Waals surface area contributed by atoms with Crippen molar-refractivity contribution >= 4 is 52.3 Å². The number of H-pyrrole nitrogens is 1. The van der Waals surface area contributed by atoms with Gasteiger partial charge in [0, 0.05) is 42.9 Å². The van der Waals surface area contributed by atoms with Crippen LogP contribution in [-0.4, -0.2) is 112 Å². The van der Waals surface area contributed by atoms with Gasteiger partial charge in [0.2, 0.25) is 35.4 Å². The van der Waals surface area contributed by atoms with Crippen LogP contribution in [0.4, 0.5) is 0 Å². The quantitative estimate of drug-likeness (QED) is 0.0180. The molecule has 3 aromatic carbocycles. The first-order valence-corrected chi connectivity index (χ1v) is 22.7. The molecule has 0 bridgehead atoms. The van der Waals surface area contributed by atoms with E-state index in [4.69, 9.17) is 34.4 Å². The summed E-state index contributed by atoms with van der Waals surface area (Å²) in [4.78, 5) is 90.3. The van der Waals surface area contributed by atoms with Crippen LogP contribution in [0.5, 0.6) is 11.5 Å². The number of benzene rings is 3. The van der Waals surface area contributed by atoms with Gasteiger partial charge in [-0.05, 0) is 111 Å². The van der Waals surface area contributed by atoms with E-state index < -0.39 is 71.7 Å². The number of nitrogens with two attached hydrogens (primary N) is 6. The van der Waals surface area contributed by atoms with E-state index in [1.54, 1.807) is 30.5 Å². The van der Waals surface area contributed by atoms with E-state index in [2.05, 4.69) is 36.6 Å². The number of hydrogen-bond donors (Lipinski definition) is 14. The number of hydrogen-bond acceptors (Lipinski definition) is 12. The van der Waals surface area contributed by atoms with Crippen LogP contribution in [-0.2, 0) is 48.0 Å². The van der Waals surface area contributed by atoms with Crippen LogP contribution in [0.3, 0.4) is 0 Å². The minimum atomic E-state index is -1.36. The van der Waals surface area contributed by atoms with Crippen molar-refractivity contribution in [2.75, 3.05) is 19.6 Å². The average Bonchev–Trinajstić information content (AvgIpc) is 3.72. The molecule has 1 heterocycles. The summed E-state index contributed by atoms with van der Waals surface area (Å²) in [5, 5.41) is 34.5. The lowest BCUT2D eigenvalue weighted by Gasteiger charge is -2.27. The molecule has 0 spiro atoms. The number of phenolic OH excluding ortho intramolecular Hbond substituents is 2. The molecule has 68 heavy (non-hydrogen) atoms. The number of unbranched alkanes of at least 4 members (excludes halogenated alkanes) is 2. The molecular weight excluding hydrogens is 875 g/mol. The van der Waals surface area contributed by atoms with Crippen LogP contribution in [0.25, 0.3) is 10.9 Å². The van der Waals surface area contributed by atoms with Gasteiger partial charge >= 0.3 is 0 Å². The number of phenols is 2. The van der Waals surface area contributed by atoms with Crippen molar-refractivity contribution in [1.29, 1.82) is 0 Å². The normalized spacial score (nSPS) is 13.8. The molecule has 0 aliphatic heterocycles. The van der Waals surface area contributed by atoms with Gasteiger partial charge in [-0.2, -0.15) is 0 Å². The maximum atomic E-state index is 14.5. The van der Waals surface area contributed by atoms with Crippen LogP contribution < -0.4 is 61.0 Å². The second-order valence-electron chi connectivity index (χ2n) is 16.6. The summed E-state index contributed by atoms with van der Waals surface area (Å²) in [5.41, 5.74) is 36.7. The van der Waals surface area contributed by atoms with Crippen molar-refractivity contribution in [1.82, 2.24) is 31.6 Å². The third-order valence-electron chi connectivity index (χ3n) is 11.2. The molecule has 0 unspecified atom stereocenters. The Morgan fingerprint density at radius 1 is 0.544 bits per heavy atom. The van der Waals surface area contributed by atoms with E-state index in [1.165, 1.54) is 24.3 Å². The highest BCUT2D eigenvalue weighted by Gasteiger charge is 2.33. The summed E-state index contributed by atoms with van der Waals surface area (Å²) in [6.45, 7) is 0.897. The van der Waals surface area contributed by atoms with E-state index in [0.29, 0.717) is 61.9 Å². The van der Waals surface area contributed by atoms with Gasteiger partial charge in [-0.15, -0.1) is 0 Å². The van der Waals surface area contributed by atoms with Crippen molar-refractivity contribution < 1.29 is 39.0 Å². The SMILES string of the molecule is NCCCC[C@H](NC(=O)[C@H](Cc1c[nH]c2ccccc12)NC(=O)[C@H](CCCCN)NC(=O)[C@H](Cc1ccc(O)cc1)NC(=O)[C@H](Cc1ccc(O)cc1)NC(=O)[C@@H](N)CCCN=C(N)N)C(N)=O. The molecule has 0 radical (unpaired) electrons. The number of amides is 6. The average molecular weight is 942 g/mol. The topological polar surface area (TPSA) is 387 Å². The van der Waals surface area contributed by atoms with Crippen molar-refractivity contribution in [2.24, 2.45) is 39.4 Å². The van der Waals surface area contributed by atoms with E-state index >= 15 is 0 Å². The summed E-state index contributed by atoms with van der Waals surface area (Å²) in [6.07, 6.45) is 4.38. The third-order valence-corrected chi connectivity index (χ3v) is 11.2. The van der Waals surface area contributed by atoms with Crippen LogP contribution in [0, 0.1) is 0 Å². The Morgan fingerprint density at radius 3 is 1.51 bits per heavy atom. The monoisotopic (exact) mass is 942 g/mol. The van der Waals surface area contributed by atoms with Gasteiger partial charge in [-0.3, -0.25) is 33.8 Å². The Balaban J connectivity index is 1.64. The first-order valence-electron chi connectivity index (χ1n) is 22.7. The Hall–Kier alpha value is -7.23. The number of carbonyl (C=O) groups is 6. The van der Waals surface area contributed by atoms with Gasteiger partial charge in [0.1, 0.15) is 41.7 Å². The number of nitrogens with one attached hydrogen (secondary N) is 6. The number of para-hydroxylation sites is 1. The second kappa shape index (κ2) is 27.4. The lowest BCUT2D eigenvalue weighted by Crippen LogP contribution is -2.60. The summed E-state index contributed by atoms with van der Waals surface area (Å²) >= 11 is 0. The number of primary amides is 1. The number of aromatic nitrogens is 1. The molecule has 1 aromatic heterocycles. The summed E-state index contributed by atoms with van der Waals surface area (Å²) in [7, 11) is 0. The van der Waals surface area contributed by atoms with Crippen molar-refractivity contribution in [3.05, 3.63) is 95.7 Å². The molecule has 6 amide bonds. The fourth-order valence-corrected chi connectivity index (χ4v) is 7.44. The van der Waals surface area contributed by atoms with Gasteiger partial charge in [0.15, 0.2) is 5.96 Å². The molecule has 0 aliphatic carbocycles. The molecule has 0 saturated heterocycles. The summed E-state index contributed by atoms with van der Waals surface area (Å²) < 4.78 is 0. The largest absolute Gasteiger partial charge is 0.508 e. The molecule has 6 atom stereocenters. The van der Waals surface area contributed by atoms with Crippen LogP contribution in [0.2, 0.25) is 0 Å². The highest BCUT2D eigenvalue weighted by Crippen LogP contribution is 2.20. The van der Waals surface area contributed by atoms with E-state index in [1.807, 2.05) is 24.3 Å². The van der Waals surface area contributed by atoms with Gasteiger partial charge in [0.25, 0.3) is 0 Å². The zero-order valence-electron chi connectivity index (χ0n) is 38.1. The minimum absolute atomic E-state index is 0.00701. The Morgan fingerprint density at radius 2 is 1.00 bits per heavy atom. The molecule has 0 aliphatic rings. The fraction of sp³-hybridized carbons (Fsp3) is 0.426. The smallest absolute Gasteiger partial charge is 0.243 e. The Kier molecular flexibility index (Phi) is 21.5. The summed E-state index contributed by atoms with van der Waals surface area (Å²) in [6, 6.07) is 12.1. The molecule has 20 N–H and O–H groups in total. The highest BCUT2D eigenvalue weighted by atomic mass is 16.3. The number of guanidine groups is 1. The van der Waals surface area contributed by atoms with E-state index in [0.717, 1.165) is 10.9 Å². The number of rotatable bonds is 29. The minimum Gasteiger partial charge on any atom is -0.508 e. The van der Waals surface area contributed by atoms with Crippen molar-refractivity contribution in [3.63, 3.8) is 0 Å². The maximum Gasteiger partial charge on any atom is 0.243 e. The molecule has 4 aromatic rings. The standard InChI is InChI=1S/C47H67N13O8/c48-21-5-3-11-36(41(51)63)56-46(68)40(26-30-27-55-35-10-2-1-8-33(30)35)60-43(65)37(12-4-6-22-49)57-44(66)39(25-29-15-19-32(62)20-16-29)59-45(67)38(24-28-13-17-31(61)18-14-28)58-42(64)34(50)9-7-23-54-47(52)53/h1-2,8,10,13-20,27,34,36-40,55,61-62H,3-7,9,11-12,21-26,48-50H2,(H2,51,63)(H,56,68)(H,57,66)(H,58,64)(H,59,67)(H,60,65)(H4,52,53,54)/t34-,36-,37-,38-,39-,40-/m0/s1. The van der Waals surface area contributed by atoms with Crippen molar-refractivity contribution in [2.45, 2.75) is 107 Å². The van der Waals surface area contributed by atoms with Crippen LogP contribution >= 0.6 is 0 Å². The number of nitrogens with zero attached hydrogens (tertiary/aromatic N) is 1. The fourth-order valence-electron chi connectivity index (χ4n) is 7.44. The zero-order chi connectivity index (χ0) is 49.6. The predicted molar refractivity (Wildman–Crippen MR) is 258 cm³/mol. The molecule has 21 heteroatoms. The Labute approximate surface area is 395 Å². The van der Waals surface area contributed by atoms with E-state index in [-0.39, 0.29) is 62.5 Å². The van der Waals surface area contributed by atoms with Gasteiger partial charge in [-0.25, -0.2) is 0 Å². The number of aromatic hydroxyl groups is 2. The van der Waals surface area contributed by atoms with Crippen molar-refractivity contribution in [3.8, 4) is 11.5 Å². The van der Waals surface area contributed by atoms with Gasteiger partial charge < -0.3 is 76.2 Å². The number of aliphatic imine (C=N–C) groups is 1. The van der Waals surface area contributed by atoms with Crippen LogP contribution in [0.15, 0.2) is 84.0 Å². The summed E-state index contributed by atoms with van der Waals surface area (Å²) in [5.74, 6) is -4.54. The van der Waals surface area contributed by atoms with E-state index in [9.17, 15) is 39.0 Å². The molecule has 21 nitrogen and oxygen atoms in total. The Bertz CT molecular complexity index is 2300. The zero-order valence-corrected chi connectivity index (χ0v) is 38.1. The number of fused-ring (bicyclic) bond motifs is 1. The number of carbonyl (C=O) groups excluding carboxylic acids is 6. The van der Waals surface area contributed by atoms with Gasteiger partial charge in [-0.1, -0.05) is 42.5 Å². The molecular formula is C47H67N13O8. The lowest BCUT2D eigenvalue weighted by atomic mass is 10.00. The maximum absolute atomic E-state index is 14.5. The second-order valence-corrected chi connectivity index (χ2v) is 16.6. The third kappa shape index (κ3) is 17.5. The first kappa shape index (κ1) is 53.4. The molecule has 0 fully saturated rings.